The third-order valence-electron chi connectivity index (χ3n) is 4.29. The maximum atomic E-state index is 5.87. The number of fused-ring (bicyclic) bond motifs is 1. The first-order valence-corrected chi connectivity index (χ1v) is 9.15. The summed E-state index contributed by atoms with van der Waals surface area (Å²) in [6, 6.07) is 6.23. The van der Waals surface area contributed by atoms with Crippen molar-refractivity contribution >= 4 is 27.4 Å². The molecule has 0 aliphatic carbocycles. The fourth-order valence-electron chi connectivity index (χ4n) is 3.15. The predicted octanol–water partition coefficient (Wildman–Crippen LogP) is 3.58. The van der Waals surface area contributed by atoms with E-state index >= 15 is 0 Å². The zero-order valence-electron chi connectivity index (χ0n) is 13.7. The predicted molar refractivity (Wildman–Crippen MR) is 96.4 cm³/mol. The van der Waals surface area contributed by atoms with Crippen LogP contribution in [0.1, 0.15) is 24.2 Å². The molecule has 4 heterocycles. The minimum Gasteiger partial charge on any atom is -0.376 e. The van der Waals surface area contributed by atoms with Crippen LogP contribution in [0.25, 0.3) is 10.2 Å². The van der Waals surface area contributed by atoms with Crippen LogP contribution in [0.5, 0.6) is 0 Å². The summed E-state index contributed by atoms with van der Waals surface area (Å²) >= 11 is 1.66. The van der Waals surface area contributed by atoms with Gasteiger partial charge in [0, 0.05) is 32.1 Å². The number of ether oxygens (including phenoxy) is 1. The molecule has 0 radical (unpaired) electrons. The van der Waals surface area contributed by atoms with E-state index in [0.29, 0.717) is 0 Å². The Morgan fingerprint density at radius 1 is 1.25 bits per heavy atom. The van der Waals surface area contributed by atoms with Gasteiger partial charge >= 0.3 is 0 Å². The number of pyridine rings is 1. The Hall–Kier alpha value is -2.05. The molecular weight excluding hydrogens is 320 g/mol. The number of anilines is 1. The van der Waals surface area contributed by atoms with E-state index in [4.69, 9.17) is 9.72 Å². The molecule has 6 heteroatoms. The number of aryl methyl sites for hydroxylation is 1. The first kappa shape index (κ1) is 15.5. The average Bonchev–Trinajstić information content (AvgIpc) is 3.26. The molecule has 3 aromatic heterocycles. The molecule has 124 valence electrons. The Morgan fingerprint density at radius 3 is 2.92 bits per heavy atom. The van der Waals surface area contributed by atoms with Gasteiger partial charge in [-0.3, -0.25) is 4.98 Å². The normalized spacial score (nSPS) is 17.5. The van der Waals surface area contributed by atoms with Crippen LogP contribution in [0, 0.1) is 6.92 Å². The molecule has 0 bridgehead atoms. The molecule has 1 unspecified atom stereocenters. The van der Waals surface area contributed by atoms with Crippen molar-refractivity contribution in [1.82, 2.24) is 15.0 Å². The van der Waals surface area contributed by atoms with Gasteiger partial charge in [0.15, 0.2) is 0 Å². The van der Waals surface area contributed by atoms with Crippen molar-refractivity contribution in [2.75, 3.05) is 18.1 Å². The first-order valence-electron chi connectivity index (χ1n) is 8.27. The maximum absolute atomic E-state index is 5.87. The number of nitrogens with zero attached hydrogens (tertiary/aromatic N) is 4. The van der Waals surface area contributed by atoms with Crippen LogP contribution in [0.3, 0.4) is 0 Å². The van der Waals surface area contributed by atoms with E-state index in [-0.39, 0.29) is 6.10 Å². The van der Waals surface area contributed by atoms with E-state index in [1.807, 2.05) is 19.3 Å². The van der Waals surface area contributed by atoms with Gasteiger partial charge in [-0.05, 0) is 48.9 Å². The van der Waals surface area contributed by atoms with E-state index in [1.54, 1.807) is 11.3 Å². The van der Waals surface area contributed by atoms with Gasteiger partial charge in [0.2, 0.25) is 0 Å². The third-order valence-corrected chi connectivity index (χ3v) is 5.09. The third kappa shape index (κ3) is 3.25. The number of hydrogen-bond acceptors (Lipinski definition) is 6. The lowest BCUT2D eigenvalue weighted by molar-refractivity contribution is 0.115. The summed E-state index contributed by atoms with van der Waals surface area (Å²) in [7, 11) is 0. The molecule has 1 aliphatic rings. The number of aromatic nitrogens is 3. The molecule has 4 rings (SSSR count). The lowest BCUT2D eigenvalue weighted by Gasteiger charge is -2.27. The van der Waals surface area contributed by atoms with Gasteiger partial charge in [-0.25, -0.2) is 9.97 Å². The van der Waals surface area contributed by atoms with Crippen molar-refractivity contribution in [1.29, 1.82) is 0 Å². The standard InChI is InChI=1S/C18H20N4OS/c1-13-20-17(16-6-10-24-18(16)21-13)22(12-15-3-2-9-23-15)11-14-4-7-19-8-5-14/h4-8,10,15H,2-3,9,11-12H2,1H3. The van der Waals surface area contributed by atoms with Gasteiger partial charge in [-0.1, -0.05) is 0 Å². The second-order valence-electron chi connectivity index (χ2n) is 6.10. The van der Waals surface area contributed by atoms with Gasteiger partial charge in [0.1, 0.15) is 16.5 Å². The van der Waals surface area contributed by atoms with E-state index in [9.17, 15) is 0 Å². The second-order valence-corrected chi connectivity index (χ2v) is 7.00. The monoisotopic (exact) mass is 340 g/mol. The molecular formula is C18H20N4OS. The van der Waals surface area contributed by atoms with Crippen LogP contribution in [0.15, 0.2) is 36.0 Å². The minimum atomic E-state index is 0.274. The Labute approximate surface area is 145 Å². The highest BCUT2D eigenvalue weighted by Gasteiger charge is 2.22. The van der Waals surface area contributed by atoms with Crippen LogP contribution < -0.4 is 4.90 Å². The van der Waals surface area contributed by atoms with Gasteiger partial charge < -0.3 is 9.64 Å². The highest BCUT2D eigenvalue weighted by atomic mass is 32.1. The highest BCUT2D eigenvalue weighted by Crippen LogP contribution is 2.30. The minimum absolute atomic E-state index is 0.274. The molecule has 1 atom stereocenters. The molecule has 5 nitrogen and oxygen atoms in total. The Balaban J connectivity index is 1.71. The quantitative estimate of drug-likeness (QED) is 0.710. The zero-order valence-corrected chi connectivity index (χ0v) is 14.5. The summed E-state index contributed by atoms with van der Waals surface area (Å²) < 4.78 is 5.87. The second kappa shape index (κ2) is 6.83. The summed E-state index contributed by atoms with van der Waals surface area (Å²) in [4.78, 5) is 16.8. The molecule has 3 aromatic rings. The van der Waals surface area contributed by atoms with Gasteiger partial charge in [0.05, 0.1) is 11.5 Å². The lowest BCUT2D eigenvalue weighted by atomic mass is 10.2. The van der Waals surface area contributed by atoms with Crippen LogP contribution in [-0.4, -0.2) is 34.2 Å². The number of thiophene rings is 1. The molecule has 1 saturated heterocycles. The van der Waals surface area contributed by atoms with E-state index in [0.717, 1.165) is 54.4 Å². The van der Waals surface area contributed by atoms with Crippen molar-refractivity contribution < 1.29 is 4.74 Å². The molecule has 0 N–H and O–H groups in total. The number of rotatable bonds is 5. The Bertz CT molecular complexity index is 814. The SMILES string of the molecule is Cc1nc(N(Cc2ccncc2)CC2CCCO2)c2ccsc2n1. The van der Waals surface area contributed by atoms with Gasteiger partial charge in [-0.15, -0.1) is 11.3 Å². The maximum Gasteiger partial charge on any atom is 0.141 e. The molecule has 1 fully saturated rings. The van der Waals surface area contributed by atoms with E-state index in [1.165, 1.54) is 5.56 Å². The van der Waals surface area contributed by atoms with Crippen LogP contribution in [-0.2, 0) is 11.3 Å². The van der Waals surface area contributed by atoms with Crippen LogP contribution in [0.4, 0.5) is 5.82 Å². The summed E-state index contributed by atoms with van der Waals surface area (Å²) in [5, 5.41) is 3.21. The Morgan fingerprint density at radius 2 is 2.12 bits per heavy atom. The summed E-state index contributed by atoms with van der Waals surface area (Å²) in [5.74, 6) is 1.82. The van der Waals surface area contributed by atoms with Crippen molar-refractivity contribution in [3.05, 3.63) is 47.4 Å². The lowest BCUT2D eigenvalue weighted by Crippen LogP contribution is -2.32. The largest absolute Gasteiger partial charge is 0.376 e. The van der Waals surface area contributed by atoms with Gasteiger partial charge in [0.25, 0.3) is 0 Å². The fourth-order valence-corrected chi connectivity index (χ4v) is 3.96. The van der Waals surface area contributed by atoms with E-state index < -0.39 is 0 Å². The van der Waals surface area contributed by atoms with E-state index in [2.05, 4.69) is 38.4 Å². The van der Waals surface area contributed by atoms with Crippen molar-refractivity contribution in [2.24, 2.45) is 0 Å². The van der Waals surface area contributed by atoms with Crippen molar-refractivity contribution in [3.8, 4) is 0 Å². The average molecular weight is 340 g/mol. The summed E-state index contributed by atoms with van der Waals surface area (Å²) in [6.07, 6.45) is 6.21. The topological polar surface area (TPSA) is 51.1 Å². The zero-order chi connectivity index (χ0) is 16.4. The summed E-state index contributed by atoms with van der Waals surface area (Å²) in [6.45, 7) is 4.47. The first-order chi connectivity index (χ1) is 11.8. The molecule has 24 heavy (non-hydrogen) atoms. The fraction of sp³-hybridized carbons (Fsp3) is 0.389. The van der Waals surface area contributed by atoms with Crippen molar-refractivity contribution in [2.45, 2.75) is 32.4 Å². The molecule has 1 aliphatic heterocycles. The van der Waals surface area contributed by atoms with Crippen LogP contribution >= 0.6 is 11.3 Å². The summed E-state index contributed by atoms with van der Waals surface area (Å²) in [5.41, 5.74) is 1.22. The van der Waals surface area contributed by atoms with Gasteiger partial charge in [-0.2, -0.15) is 0 Å². The van der Waals surface area contributed by atoms with Crippen molar-refractivity contribution in [3.63, 3.8) is 0 Å². The Kier molecular flexibility index (Phi) is 4.40. The molecule has 0 amide bonds. The number of hydrogen-bond donors (Lipinski definition) is 0. The van der Waals surface area contributed by atoms with Crippen LogP contribution in [0.2, 0.25) is 0 Å². The molecule has 0 spiro atoms. The molecule has 0 aromatic carbocycles. The highest BCUT2D eigenvalue weighted by molar-refractivity contribution is 7.16. The smallest absolute Gasteiger partial charge is 0.141 e. The molecule has 0 saturated carbocycles.